The molecule has 3 heteroatoms. The third-order valence-corrected chi connectivity index (χ3v) is 9.09. The molecule has 42 heavy (non-hydrogen) atoms. The average Bonchev–Trinajstić information content (AvgIpc) is 3.21. The van der Waals surface area contributed by atoms with Gasteiger partial charge in [-0.2, -0.15) is 0 Å². The number of anilines is 2. The minimum absolute atomic E-state index is 0.497. The molecule has 4 aromatic rings. The first-order valence-electron chi connectivity index (χ1n) is 16.0. The molecule has 0 unspecified atom stereocenters. The van der Waals surface area contributed by atoms with Crippen molar-refractivity contribution in [3.63, 3.8) is 0 Å². The van der Waals surface area contributed by atoms with Gasteiger partial charge >= 0.3 is 0 Å². The molecule has 0 radical (unpaired) electrons. The highest BCUT2D eigenvalue weighted by Crippen LogP contribution is 2.36. The third kappa shape index (κ3) is 7.21. The van der Waals surface area contributed by atoms with Crippen LogP contribution in [0.2, 0.25) is 0 Å². The number of hydrogen-bond donors (Lipinski definition) is 0. The van der Waals surface area contributed by atoms with Gasteiger partial charge in [0, 0.05) is 50.0 Å². The Bertz CT molecular complexity index is 1320. The summed E-state index contributed by atoms with van der Waals surface area (Å²) >= 11 is 0. The molecule has 0 atom stereocenters. The molecule has 0 bridgehead atoms. The molecule has 2 aliphatic heterocycles. The summed E-state index contributed by atoms with van der Waals surface area (Å²) in [5.74, 6) is 0.497. The molecule has 0 N–H and O–H groups in total. The maximum absolute atomic E-state index is 2.69. The Hall–Kier alpha value is -3.66. The zero-order valence-electron chi connectivity index (χ0n) is 25.0. The van der Waals surface area contributed by atoms with E-state index in [-0.39, 0.29) is 0 Å². The fourth-order valence-corrected chi connectivity index (χ4v) is 6.72. The van der Waals surface area contributed by atoms with Gasteiger partial charge in [-0.1, -0.05) is 116 Å². The Labute approximate surface area is 253 Å². The lowest BCUT2D eigenvalue weighted by molar-refractivity contribution is 0.129. The predicted octanol–water partition coefficient (Wildman–Crippen LogP) is 8.71. The minimum Gasteiger partial charge on any atom is -0.341 e. The van der Waals surface area contributed by atoms with Gasteiger partial charge in [0.1, 0.15) is 0 Å². The second-order valence-corrected chi connectivity index (χ2v) is 11.9. The van der Waals surface area contributed by atoms with Gasteiger partial charge in [-0.25, -0.2) is 0 Å². The summed E-state index contributed by atoms with van der Waals surface area (Å²) in [7, 11) is 0. The quantitative estimate of drug-likeness (QED) is 0.162. The van der Waals surface area contributed by atoms with E-state index in [0.29, 0.717) is 5.92 Å². The number of benzene rings is 4. The molecule has 0 aliphatic carbocycles. The maximum Gasteiger partial charge on any atom is 0.0484 e. The molecular formula is C39H45N3. The van der Waals surface area contributed by atoms with Gasteiger partial charge in [-0.3, -0.25) is 0 Å². The Morgan fingerprint density at radius 2 is 0.881 bits per heavy atom. The van der Waals surface area contributed by atoms with Crippen LogP contribution >= 0.6 is 0 Å². The summed E-state index contributed by atoms with van der Waals surface area (Å²) < 4.78 is 0. The molecule has 1 saturated heterocycles. The molecule has 3 nitrogen and oxygen atoms in total. The Morgan fingerprint density at radius 3 is 1.40 bits per heavy atom. The lowest BCUT2D eigenvalue weighted by Crippen LogP contribution is -2.46. The normalized spacial score (nSPS) is 15.4. The lowest BCUT2D eigenvalue weighted by Gasteiger charge is -2.35. The summed E-state index contributed by atoms with van der Waals surface area (Å²) in [6.07, 6.45) is 10.7. The fourth-order valence-electron chi connectivity index (χ4n) is 6.72. The summed E-state index contributed by atoms with van der Waals surface area (Å²) in [4.78, 5) is 7.90. The second-order valence-electron chi connectivity index (χ2n) is 11.9. The zero-order valence-corrected chi connectivity index (χ0v) is 25.0. The lowest BCUT2D eigenvalue weighted by atomic mass is 9.87. The monoisotopic (exact) mass is 555 g/mol. The van der Waals surface area contributed by atoms with Crippen LogP contribution in [0.1, 0.15) is 60.3 Å². The van der Waals surface area contributed by atoms with Gasteiger partial charge in [0.2, 0.25) is 0 Å². The van der Waals surface area contributed by atoms with Crippen molar-refractivity contribution < 1.29 is 0 Å². The fraction of sp³-hybridized carbons (Fsp3) is 0.333. The van der Waals surface area contributed by atoms with Crippen molar-refractivity contribution in [2.24, 2.45) is 0 Å². The van der Waals surface area contributed by atoms with E-state index < -0.39 is 0 Å². The van der Waals surface area contributed by atoms with E-state index in [1.807, 2.05) is 0 Å². The van der Waals surface area contributed by atoms with Gasteiger partial charge < -0.3 is 14.7 Å². The van der Waals surface area contributed by atoms with Crippen LogP contribution in [0.5, 0.6) is 0 Å². The zero-order chi connectivity index (χ0) is 28.4. The van der Waals surface area contributed by atoms with Crippen molar-refractivity contribution in [2.45, 2.75) is 38.0 Å². The number of para-hydroxylation sites is 2. The molecule has 0 spiro atoms. The number of fused-ring (bicyclic) bond motifs is 2. The van der Waals surface area contributed by atoms with Crippen LogP contribution in [0, 0.1) is 0 Å². The molecule has 6 rings (SSSR count). The van der Waals surface area contributed by atoms with E-state index in [4.69, 9.17) is 0 Å². The van der Waals surface area contributed by atoms with Gasteiger partial charge in [0.25, 0.3) is 0 Å². The maximum atomic E-state index is 2.69. The Kier molecular flexibility index (Phi) is 9.82. The van der Waals surface area contributed by atoms with E-state index in [2.05, 4.69) is 136 Å². The minimum atomic E-state index is 0.497. The van der Waals surface area contributed by atoms with E-state index in [1.165, 1.54) is 105 Å². The highest BCUT2D eigenvalue weighted by Gasteiger charge is 2.19. The Morgan fingerprint density at radius 1 is 0.452 bits per heavy atom. The van der Waals surface area contributed by atoms with Crippen molar-refractivity contribution in [1.29, 1.82) is 0 Å². The Balaban J connectivity index is 0.921. The highest BCUT2D eigenvalue weighted by atomic mass is 15.3. The summed E-state index contributed by atoms with van der Waals surface area (Å²) in [6, 6.07) is 39.7. The van der Waals surface area contributed by atoms with Crippen molar-refractivity contribution in [2.75, 3.05) is 50.7 Å². The first-order chi connectivity index (χ1) is 20.8. The van der Waals surface area contributed by atoms with Gasteiger partial charge in [0.15, 0.2) is 0 Å². The predicted molar refractivity (Wildman–Crippen MR) is 180 cm³/mol. The standard InChI is InChI=1S/C39H45N3/c1-3-15-33(16-4-1)37(34-17-5-2-6-18-34)21-11-12-26-40-29-31-41(32-30-40)27-13-14-28-42-38-22-9-7-19-35(38)24-25-36-20-8-10-23-39(36)42/h1-10,15-20,22-25,37H,11-14,21,26-32H2. The first-order valence-corrected chi connectivity index (χ1v) is 16.0. The summed E-state index contributed by atoms with van der Waals surface area (Å²) in [5.41, 5.74) is 8.15. The second kappa shape index (κ2) is 14.5. The van der Waals surface area contributed by atoms with Crippen molar-refractivity contribution >= 4 is 23.5 Å². The van der Waals surface area contributed by atoms with E-state index >= 15 is 0 Å². The van der Waals surface area contributed by atoms with E-state index in [1.54, 1.807) is 0 Å². The number of rotatable bonds is 12. The molecular weight excluding hydrogens is 510 g/mol. The first kappa shape index (κ1) is 28.5. The van der Waals surface area contributed by atoms with Gasteiger partial charge in [-0.05, 0) is 73.2 Å². The van der Waals surface area contributed by atoms with Gasteiger partial charge in [-0.15, -0.1) is 0 Å². The molecule has 216 valence electrons. The molecule has 0 amide bonds. The smallest absolute Gasteiger partial charge is 0.0484 e. The van der Waals surface area contributed by atoms with Crippen LogP contribution < -0.4 is 4.90 Å². The van der Waals surface area contributed by atoms with Crippen molar-refractivity contribution in [1.82, 2.24) is 9.80 Å². The largest absolute Gasteiger partial charge is 0.341 e. The number of piperazine rings is 1. The molecule has 1 fully saturated rings. The topological polar surface area (TPSA) is 9.72 Å². The van der Waals surface area contributed by atoms with Crippen LogP contribution in [-0.4, -0.2) is 55.6 Å². The molecule has 2 aliphatic rings. The average molecular weight is 556 g/mol. The van der Waals surface area contributed by atoms with E-state index in [9.17, 15) is 0 Å². The van der Waals surface area contributed by atoms with Crippen LogP contribution in [0.15, 0.2) is 109 Å². The van der Waals surface area contributed by atoms with Crippen LogP contribution in [0.25, 0.3) is 12.2 Å². The molecule has 4 aromatic carbocycles. The van der Waals surface area contributed by atoms with E-state index in [0.717, 1.165) is 6.54 Å². The van der Waals surface area contributed by atoms with Crippen LogP contribution in [0.4, 0.5) is 11.4 Å². The number of hydrogen-bond acceptors (Lipinski definition) is 3. The summed E-state index contributed by atoms with van der Waals surface area (Å²) in [5, 5.41) is 0. The van der Waals surface area contributed by atoms with Crippen LogP contribution in [-0.2, 0) is 0 Å². The number of unbranched alkanes of at least 4 members (excludes halogenated alkanes) is 2. The van der Waals surface area contributed by atoms with Crippen molar-refractivity contribution in [3.8, 4) is 0 Å². The SMILES string of the molecule is C1=Cc2ccccc2N(CCCCN2CCN(CCCCC(c3ccccc3)c3ccccc3)CC2)c2ccccc21. The molecule has 2 heterocycles. The van der Waals surface area contributed by atoms with Gasteiger partial charge in [0.05, 0.1) is 0 Å². The summed E-state index contributed by atoms with van der Waals surface area (Å²) in [6.45, 7) is 8.32. The van der Waals surface area contributed by atoms with Crippen LogP contribution in [0.3, 0.4) is 0 Å². The molecule has 0 aromatic heterocycles. The third-order valence-electron chi connectivity index (χ3n) is 9.09. The number of nitrogens with zero attached hydrogens (tertiary/aromatic N) is 3. The van der Waals surface area contributed by atoms with Crippen molar-refractivity contribution in [3.05, 3.63) is 131 Å². The highest BCUT2D eigenvalue weighted by molar-refractivity contribution is 5.88. The molecule has 0 saturated carbocycles.